The standard InChI is InChI=1S/C16H27NO3/c1-16(2,3)13-5-7-15(8-6-13)20-12-14(19)11-17(4)9-10-18/h5-8,14,18-19H,9-12H2,1-4H3. The summed E-state index contributed by atoms with van der Waals surface area (Å²) in [6, 6.07) is 7.98. The molecule has 1 atom stereocenters. The summed E-state index contributed by atoms with van der Waals surface area (Å²) in [5, 5.41) is 18.6. The van der Waals surface area contributed by atoms with E-state index in [-0.39, 0.29) is 18.6 Å². The summed E-state index contributed by atoms with van der Waals surface area (Å²) in [6.45, 7) is 7.90. The van der Waals surface area contributed by atoms with Gasteiger partial charge in [-0.2, -0.15) is 0 Å². The number of hydrogen-bond donors (Lipinski definition) is 2. The third kappa shape index (κ3) is 5.90. The normalized spacial score (nSPS) is 13.6. The van der Waals surface area contributed by atoms with Crippen molar-refractivity contribution in [3.05, 3.63) is 29.8 Å². The Kier molecular flexibility index (Phi) is 6.46. The molecule has 20 heavy (non-hydrogen) atoms. The van der Waals surface area contributed by atoms with Crippen molar-refractivity contribution in [3.63, 3.8) is 0 Å². The van der Waals surface area contributed by atoms with Crippen molar-refractivity contribution in [1.82, 2.24) is 4.90 Å². The average Bonchev–Trinajstić information content (AvgIpc) is 2.36. The minimum absolute atomic E-state index is 0.0956. The highest BCUT2D eigenvalue weighted by Gasteiger charge is 2.13. The Labute approximate surface area is 122 Å². The van der Waals surface area contributed by atoms with Crippen molar-refractivity contribution in [1.29, 1.82) is 0 Å². The first-order valence-electron chi connectivity index (χ1n) is 7.03. The first kappa shape index (κ1) is 17.0. The molecule has 0 amide bonds. The van der Waals surface area contributed by atoms with E-state index in [0.29, 0.717) is 13.1 Å². The van der Waals surface area contributed by atoms with Crippen molar-refractivity contribution < 1.29 is 14.9 Å². The lowest BCUT2D eigenvalue weighted by molar-refractivity contribution is 0.0710. The molecule has 0 heterocycles. The Morgan fingerprint density at radius 1 is 1.20 bits per heavy atom. The van der Waals surface area contributed by atoms with Gasteiger partial charge in [-0.25, -0.2) is 0 Å². The molecule has 2 N–H and O–H groups in total. The molecular formula is C16H27NO3. The summed E-state index contributed by atoms with van der Waals surface area (Å²) in [4.78, 5) is 1.87. The van der Waals surface area contributed by atoms with Crippen LogP contribution in [0, 0.1) is 0 Å². The van der Waals surface area contributed by atoms with Crippen LogP contribution in [0.2, 0.25) is 0 Å². The highest BCUT2D eigenvalue weighted by molar-refractivity contribution is 5.31. The van der Waals surface area contributed by atoms with E-state index >= 15 is 0 Å². The van der Waals surface area contributed by atoms with Gasteiger partial charge >= 0.3 is 0 Å². The summed E-state index contributed by atoms with van der Waals surface area (Å²) in [7, 11) is 1.86. The average molecular weight is 281 g/mol. The fourth-order valence-electron chi connectivity index (χ4n) is 1.92. The van der Waals surface area contributed by atoms with Gasteiger partial charge in [0.2, 0.25) is 0 Å². The van der Waals surface area contributed by atoms with Gasteiger partial charge in [0.25, 0.3) is 0 Å². The molecule has 0 aliphatic carbocycles. The van der Waals surface area contributed by atoms with E-state index in [1.54, 1.807) is 0 Å². The molecule has 0 radical (unpaired) electrons. The summed E-state index contributed by atoms with van der Waals surface area (Å²) in [5.41, 5.74) is 1.39. The van der Waals surface area contributed by atoms with E-state index in [4.69, 9.17) is 9.84 Å². The van der Waals surface area contributed by atoms with Gasteiger partial charge in [0.05, 0.1) is 6.61 Å². The Morgan fingerprint density at radius 2 is 1.80 bits per heavy atom. The first-order valence-corrected chi connectivity index (χ1v) is 7.03. The molecule has 1 rings (SSSR count). The van der Waals surface area contributed by atoms with Crippen molar-refractivity contribution in [3.8, 4) is 5.75 Å². The predicted octanol–water partition coefficient (Wildman–Crippen LogP) is 1.65. The lowest BCUT2D eigenvalue weighted by Gasteiger charge is -2.21. The summed E-state index contributed by atoms with van der Waals surface area (Å²) >= 11 is 0. The van der Waals surface area contributed by atoms with Crippen LogP contribution < -0.4 is 4.74 Å². The molecule has 0 saturated heterocycles. The number of hydrogen-bond acceptors (Lipinski definition) is 4. The van der Waals surface area contributed by atoms with Crippen LogP contribution >= 0.6 is 0 Å². The Morgan fingerprint density at radius 3 is 2.30 bits per heavy atom. The largest absolute Gasteiger partial charge is 0.491 e. The quantitative estimate of drug-likeness (QED) is 0.798. The minimum atomic E-state index is -0.561. The number of benzene rings is 1. The molecule has 0 aliphatic heterocycles. The zero-order chi connectivity index (χ0) is 15.2. The molecule has 1 aromatic rings. The van der Waals surface area contributed by atoms with Gasteiger partial charge in [0, 0.05) is 13.1 Å². The van der Waals surface area contributed by atoms with E-state index in [9.17, 15) is 5.11 Å². The minimum Gasteiger partial charge on any atom is -0.491 e. The molecule has 0 aliphatic rings. The molecule has 0 bridgehead atoms. The maximum atomic E-state index is 9.84. The molecule has 4 nitrogen and oxygen atoms in total. The van der Waals surface area contributed by atoms with Gasteiger partial charge in [0.1, 0.15) is 18.5 Å². The number of ether oxygens (including phenoxy) is 1. The highest BCUT2D eigenvalue weighted by Crippen LogP contribution is 2.24. The lowest BCUT2D eigenvalue weighted by atomic mass is 9.87. The Balaban J connectivity index is 2.42. The second-order valence-corrected chi connectivity index (χ2v) is 6.23. The van der Waals surface area contributed by atoms with E-state index in [1.807, 2.05) is 24.1 Å². The van der Waals surface area contributed by atoms with Crippen molar-refractivity contribution >= 4 is 0 Å². The van der Waals surface area contributed by atoms with Crippen LogP contribution in [0.4, 0.5) is 0 Å². The van der Waals surface area contributed by atoms with Crippen molar-refractivity contribution in [2.24, 2.45) is 0 Å². The SMILES string of the molecule is CN(CCO)CC(O)COc1ccc(C(C)(C)C)cc1. The van der Waals surface area contributed by atoms with Gasteiger partial charge in [-0.1, -0.05) is 32.9 Å². The van der Waals surface area contributed by atoms with Crippen molar-refractivity contribution in [2.75, 3.05) is 33.4 Å². The Bertz CT molecular complexity index is 384. The van der Waals surface area contributed by atoms with Crippen LogP contribution in [-0.4, -0.2) is 54.6 Å². The van der Waals surface area contributed by atoms with Gasteiger partial charge in [-0.05, 0) is 30.2 Å². The first-order chi connectivity index (χ1) is 9.32. The van der Waals surface area contributed by atoms with Crippen LogP contribution in [0.1, 0.15) is 26.3 Å². The zero-order valence-electron chi connectivity index (χ0n) is 13.0. The zero-order valence-corrected chi connectivity index (χ0v) is 13.0. The lowest BCUT2D eigenvalue weighted by Crippen LogP contribution is -2.34. The number of aliphatic hydroxyl groups excluding tert-OH is 2. The second kappa shape index (κ2) is 7.62. The summed E-state index contributed by atoms with van der Waals surface area (Å²) in [6.07, 6.45) is -0.561. The molecule has 0 aromatic heterocycles. The summed E-state index contributed by atoms with van der Waals surface area (Å²) < 4.78 is 5.58. The summed E-state index contributed by atoms with van der Waals surface area (Å²) in [5.74, 6) is 0.766. The topological polar surface area (TPSA) is 52.9 Å². The Hall–Kier alpha value is -1.10. The van der Waals surface area contributed by atoms with Gasteiger partial charge < -0.3 is 19.8 Å². The van der Waals surface area contributed by atoms with Crippen LogP contribution in [0.25, 0.3) is 0 Å². The van der Waals surface area contributed by atoms with Crippen molar-refractivity contribution in [2.45, 2.75) is 32.3 Å². The number of nitrogens with zero attached hydrogens (tertiary/aromatic N) is 1. The molecular weight excluding hydrogens is 254 g/mol. The van der Waals surface area contributed by atoms with Gasteiger partial charge in [0.15, 0.2) is 0 Å². The predicted molar refractivity (Wildman–Crippen MR) is 81.2 cm³/mol. The third-order valence-corrected chi connectivity index (χ3v) is 3.17. The van der Waals surface area contributed by atoms with Crippen LogP contribution in [0.5, 0.6) is 5.75 Å². The molecule has 0 fully saturated rings. The van der Waals surface area contributed by atoms with E-state index in [2.05, 4.69) is 32.9 Å². The molecule has 0 saturated carbocycles. The van der Waals surface area contributed by atoms with Gasteiger partial charge in [-0.3, -0.25) is 0 Å². The van der Waals surface area contributed by atoms with E-state index < -0.39 is 6.10 Å². The van der Waals surface area contributed by atoms with Gasteiger partial charge in [-0.15, -0.1) is 0 Å². The fourth-order valence-corrected chi connectivity index (χ4v) is 1.92. The molecule has 1 unspecified atom stereocenters. The van der Waals surface area contributed by atoms with E-state index in [0.717, 1.165) is 5.75 Å². The molecule has 4 heteroatoms. The number of aliphatic hydroxyl groups is 2. The van der Waals surface area contributed by atoms with Crippen LogP contribution in [-0.2, 0) is 5.41 Å². The maximum Gasteiger partial charge on any atom is 0.119 e. The second-order valence-electron chi connectivity index (χ2n) is 6.23. The molecule has 0 spiro atoms. The van der Waals surface area contributed by atoms with E-state index in [1.165, 1.54) is 5.56 Å². The van der Waals surface area contributed by atoms with Crippen LogP contribution in [0.15, 0.2) is 24.3 Å². The molecule has 1 aromatic carbocycles. The van der Waals surface area contributed by atoms with Crippen LogP contribution in [0.3, 0.4) is 0 Å². The maximum absolute atomic E-state index is 9.84. The number of likely N-dealkylation sites (N-methyl/N-ethyl adjacent to an activating group) is 1. The third-order valence-electron chi connectivity index (χ3n) is 3.17. The molecule has 114 valence electrons. The number of rotatable bonds is 7. The monoisotopic (exact) mass is 281 g/mol. The smallest absolute Gasteiger partial charge is 0.119 e. The fraction of sp³-hybridized carbons (Fsp3) is 0.625. The highest BCUT2D eigenvalue weighted by atomic mass is 16.5.